The summed E-state index contributed by atoms with van der Waals surface area (Å²) in [4.78, 5) is 12.7. The number of anilines is 3. The summed E-state index contributed by atoms with van der Waals surface area (Å²) in [6.07, 6.45) is 2.00. The lowest BCUT2D eigenvalue weighted by molar-refractivity contribution is 0.102. The second-order valence-corrected chi connectivity index (χ2v) is 6.97. The van der Waals surface area contributed by atoms with Crippen molar-refractivity contribution in [2.45, 2.75) is 25.8 Å². The SMILES string of the molecule is Cc1c(C(=O)Nc2ccc(Nc3ccccc3)cc2)nnn1C1CCNCC1. The van der Waals surface area contributed by atoms with E-state index in [4.69, 9.17) is 0 Å². The van der Waals surface area contributed by atoms with Gasteiger partial charge in [-0.3, -0.25) is 4.79 Å². The van der Waals surface area contributed by atoms with Gasteiger partial charge in [0, 0.05) is 17.1 Å². The molecule has 3 aromatic rings. The van der Waals surface area contributed by atoms with E-state index in [9.17, 15) is 4.79 Å². The largest absolute Gasteiger partial charge is 0.356 e. The van der Waals surface area contributed by atoms with Gasteiger partial charge in [0.1, 0.15) is 0 Å². The quantitative estimate of drug-likeness (QED) is 0.635. The lowest BCUT2D eigenvalue weighted by Crippen LogP contribution is -2.30. The number of carbonyl (C=O) groups is 1. The van der Waals surface area contributed by atoms with Crippen LogP contribution in [0.5, 0.6) is 0 Å². The first kappa shape index (κ1) is 18.2. The number of nitrogens with zero attached hydrogens (tertiary/aromatic N) is 3. The van der Waals surface area contributed by atoms with Crippen molar-refractivity contribution in [1.82, 2.24) is 20.3 Å². The van der Waals surface area contributed by atoms with E-state index in [1.165, 1.54) is 0 Å². The third-order valence-electron chi connectivity index (χ3n) is 5.00. The standard InChI is InChI=1S/C21H24N6O/c1-15-20(25-26-27(15)19-11-13-22-14-12-19)21(28)24-18-9-7-17(8-10-18)23-16-5-3-2-4-6-16/h2-10,19,22-23H,11-14H2,1H3,(H,24,28). The van der Waals surface area contributed by atoms with Gasteiger partial charge >= 0.3 is 0 Å². The average Bonchev–Trinajstić information content (AvgIpc) is 3.12. The van der Waals surface area contributed by atoms with Crippen LogP contribution in [0.25, 0.3) is 0 Å². The third kappa shape index (κ3) is 4.04. The Balaban J connectivity index is 1.41. The molecule has 0 saturated carbocycles. The second-order valence-electron chi connectivity index (χ2n) is 6.97. The Bertz CT molecular complexity index is 929. The molecule has 1 amide bonds. The van der Waals surface area contributed by atoms with Crippen LogP contribution in [-0.4, -0.2) is 34.0 Å². The van der Waals surface area contributed by atoms with Crippen molar-refractivity contribution in [3.8, 4) is 0 Å². The van der Waals surface area contributed by atoms with Crippen LogP contribution in [0.2, 0.25) is 0 Å². The van der Waals surface area contributed by atoms with Gasteiger partial charge < -0.3 is 16.0 Å². The fourth-order valence-electron chi connectivity index (χ4n) is 3.46. The zero-order valence-electron chi connectivity index (χ0n) is 15.9. The van der Waals surface area contributed by atoms with Crippen LogP contribution in [0.3, 0.4) is 0 Å². The van der Waals surface area contributed by atoms with Crippen molar-refractivity contribution in [3.63, 3.8) is 0 Å². The van der Waals surface area contributed by atoms with Crippen LogP contribution in [0.15, 0.2) is 54.6 Å². The van der Waals surface area contributed by atoms with Crippen molar-refractivity contribution in [2.24, 2.45) is 0 Å². The van der Waals surface area contributed by atoms with Gasteiger partial charge in [0.2, 0.25) is 0 Å². The summed E-state index contributed by atoms with van der Waals surface area (Å²) in [5.41, 5.74) is 3.89. The molecule has 0 unspecified atom stereocenters. The molecule has 1 fully saturated rings. The number of amides is 1. The van der Waals surface area contributed by atoms with E-state index in [0.717, 1.165) is 48.7 Å². The van der Waals surface area contributed by atoms with E-state index in [-0.39, 0.29) is 5.91 Å². The number of rotatable bonds is 5. The number of piperidine rings is 1. The van der Waals surface area contributed by atoms with Gasteiger partial charge in [0.15, 0.2) is 5.69 Å². The number of aromatic nitrogens is 3. The predicted molar refractivity (Wildman–Crippen MR) is 110 cm³/mol. The summed E-state index contributed by atoms with van der Waals surface area (Å²) in [6.45, 7) is 3.84. The van der Waals surface area contributed by atoms with Gasteiger partial charge in [-0.05, 0) is 69.3 Å². The molecule has 28 heavy (non-hydrogen) atoms. The molecule has 144 valence electrons. The number of hydrogen-bond acceptors (Lipinski definition) is 5. The Hall–Kier alpha value is -3.19. The van der Waals surface area contributed by atoms with Crippen LogP contribution >= 0.6 is 0 Å². The average molecular weight is 376 g/mol. The van der Waals surface area contributed by atoms with Crippen LogP contribution in [0.1, 0.15) is 35.1 Å². The Kier molecular flexibility index (Phi) is 5.34. The van der Waals surface area contributed by atoms with E-state index in [1.807, 2.05) is 66.2 Å². The first-order valence-electron chi connectivity index (χ1n) is 9.57. The van der Waals surface area contributed by atoms with E-state index >= 15 is 0 Å². The smallest absolute Gasteiger partial charge is 0.278 e. The molecule has 1 saturated heterocycles. The van der Waals surface area contributed by atoms with Gasteiger partial charge in [0.05, 0.1) is 11.7 Å². The highest BCUT2D eigenvalue weighted by Gasteiger charge is 2.22. The fraction of sp³-hybridized carbons (Fsp3) is 0.286. The van der Waals surface area contributed by atoms with Crippen molar-refractivity contribution in [3.05, 3.63) is 66.0 Å². The molecule has 7 nitrogen and oxygen atoms in total. The van der Waals surface area contributed by atoms with Crippen LogP contribution < -0.4 is 16.0 Å². The maximum Gasteiger partial charge on any atom is 0.278 e. The molecule has 0 bridgehead atoms. The highest BCUT2D eigenvalue weighted by Crippen LogP contribution is 2.22. The number of para-hydroxylation sites is 1. The Morgan fingerprint density at radius 1 is 1.00 bits per heavy atom. The molecule has 7 heteroatoms. The summed E-state index contributed by atoms with van der Waals surface area (Å²) < 4.78 is 1.89. The van der Waals surface area contributed by atoms with E-state index in [1.54, 1.807) is 0 Å². The normalized spacial score (nSPS) is 14.6. The minimum atomic E-state index is -0.235. The Morgan fingerprint density at radius 2 is 1.64 bits per heavy atom. The Labute approximate surface area is 164 Å². The monoisotopic (exact) mass is 376 g/mol. The summed E-state index contributed by atoms with van der Waals surface area (Å²) in [6, 6.07) is 17.9. The third-order valence-corrected chi connectivity index (χ3v) is 5.00. The van der Waals surface area contributed by atoms with Gasteiger partial charge in [-0.25, -0.2) is 4.68 Å². The molecule has 0 radical (unpaired) electrons. The maximum atomic E-state index is 12.7. The summed E-state index contributed by atoms with van der Waals surface area (Å²) in [5.74, 6) is -0.235. The molecule has 1 aliphatic rings. The second kappa shape index (κ2) is 8.22. The van der Waals surface area contributed by atoms with E-state index in [2.05, 4.69) is 26.3 Å². The minimum Gasteiger partial charge on any atom is -0.356 e. The minimum absolute atomic E-state index is 0.235. The van der Waals surface area contributed by atoms with Gasteiger partial charge in [0.25, 0.3) is 5.91 Å². The van der Waals surface area contributed by atoms with Crippen molar-refractivity contribution >= 4 is 23.0 Å². The first-order chi connectivity index (χ1) is 13.7. The van der Waals surface area contributed by atoms with Crippen molar-refractivity contribution in [2.75, 3.05) is 23.7 Å². The lowest BCUT2D eigenvalue weighted by Gasteiger charge is -2.23. The summed E-state index contributed by atoms with van der Waals surface area (Å²) in [5, 5.41) is 17.9. The van der Waals surface area contributed by atoms with Crippen molar-refractivity contribution in [1.29, 1.82) is 0 Å². The molecule has 3 N–H and O–H groups in total. The van der Waals surface area contributed by atoms with E-state index < -0.39 is 0 Å². The first-order valence-corrected chi connectivity index (χ1v) is 9.57. The number of carbonyl (C=O) groups excluding carboxylic acids is 1. The molecular formula is C21H24N6O. The number of hydrogen-bond donors (Lipinski definition) is 3. The van der Waals surface area contributed by atoms with Crippen LogP contribution in [0, 0.1) is 6.92 Å². The van der Waals surface area contributed by atoms with Crippen molar-refractivity contribution < 1.29 is 4.79 Å². The molecule has 0 aliphatic carbocycles. The molecule has 2 aromatic carbocycles. The topological polar surface area (TPSA) is 83.9 Å². The molecule has 4 rings (SSSR count). The lowest BCUT2D eigenvalue weighted by atomic mass is 10.1. The van der Waals surface area contributed by atoms with Crippen LogP contribution in [0.4, 0.5) is 17.1 Å². The van der Waals surface area contributed by atoms with Gasteiger partial charge in [-0.1, -0.05) is 23.4 Å². The van der Waals surface area contributed by atoms with Crippen LogP contribution in [-0.2, 0) is 0 Å². The molecular weight excluding hydrogens is 352 g/mol. The molecule has 1 aromatic heterocycles. The number of nitrogens with one attached hydrogen (secondary N) is 3. The fourth-order valence-corrected chi connectivity index (χ4v) is 3.46. The maximum absolute atomic E-state index is 12.7. The molecule has 1 aliphatic heterocycles. The molecule has 0 spiro atoms. The zero-order valence-corrected chi connectivity index (χ0v) is 15.9. The highest BCUT2D eigenvalue weighted by atomic mass is 16.2. The zero-order chi connectivity index (χ0) is 19.3. The van der Waals surface area contributed by atoms with E-state index in [0.29, 0.717) is 11.7 Å². The molecule has 2 heterocycles. The Morgan fingerprint density at radius 3 is 2.36 bits per heavy atom. The van der Waals surface area contributed by atoms with Gasteiger partial charge in [-0.15, -0.1) is 5.10 Å². The number of benzene rings is 2. The summed E-state index contributed by atoms with van der Waals surface area (Å²) >= 11 is 0. The molecule has 0 atom stereocenters. The summed E-state index contributed by atoms with van der Waals surface area (Å²) in [7, 11) is 0. The predicted octanol–water partition coefficient (Wildman–Crippen LogP) is 3.51. The highest BCUT2D eigenvalue weighted by molar-refractivity contribution is 6.03. The van der Waals surface area contributed by atoms with Gasteiger partial charge in [-0.2, -0.15) is 0 Å².